The van der Waals surface area contributed by atoms with E-state index in [2.05, 4.69) is 38.1 Å². The number of aromatic amines is 1. The second-order valence-electron chi connectivity index (χ2n) is 6.20. The summed E-state index contributed by atoms with van der Waals surface area (Å²) in [5.74, 6) is 0.685. The monoisotopic (exact) mass is 418 g/mol. The highest BCUT2D eigenvalue weighted by molar-refractivity contribution is 9.10. The molecule has 25 heavy (non-hydrogen) atoms. The molecule has 1 fully saturated rings. The van der Waals surface area contributed by atoms with E-state index in [4.69, 9.17) is 4.98 Å². The van der Waals surface area contributed by atoms with E-state index in [0.29, 0.717) is 11.3 Å². The Balaban J connectivity index is 1.83. The molecule has 0 spiro atoms. The van der Waals surface area contributed by atoms with Gasteiger partial charge in [-0.15, -0.1) is 11.3 Å². The fraction of sp³-hybridized carbons (Fsp3) is 0.333. The third kappa shape index (κ3) is 3.23. The average Bonchev–Trinajstić information content (AvgIpc) is 2.77. The minimum absolute atomic E-state index is 0.0560. The van der Waals surface area contributed by atoms with E-state index in [0.717, 1.165) is 57.9 Å². The van der Waals surface area contributed by atoms with Crippen molar-refractivity contribution in [3.63, 3.8) is 0 Å². The zero-order valence-corrected chi connectivity index (χ0v) is 16.3. The number of nitrogens with one attached hydrogen (secondary N) is 2. The van der Waals surface area contributed by atoms with Crippen LogP contribution in [-0.4, -0.2) is 36.1 Å². The number of rotatable bonds is 2. The molecule has 0 amide bonds. The summed E-state index contributed by atoms with van der Waals surface area (Å²) in [6.07, 6.45) is 1.05. The van der Waals surface area contributed by atoms with Gasteiger partial charge in [0.2, 0.25) is 5.95 Å². The summed E-state index contributed by atoms with van der Waals surface area (Å²) in [6.45, 7) is 5.74. The Kier molecular flexibility index (Phi) is 4.62. The largest absolute Gasteiger partial charge is 0.341 e. The van der Waals surface area contributed by atoms with Crippen molar-refractivity contribution in [1.82, 2.24) is 15.3 Å². The number of aryl methyl sites for hydroxylation is 1. The predicted molar refractivity (Wildman–Crippen MR) is 108 cm³/mol. The van der Waals surface area contributed by atoms with Crippen molar-refractivity contribution in [2.24, 2.45) is 0 Å². The van der Waals surface area contributed by atoms with Gasteiger partial charge in [0.1, 0.15) is 4.83 Å². The van der Waals surface area contributed by atoms with Gasteiger partial charge in [0.05, 0.1) is 5.39 Å². The molecule has 0 atom stereocenters. The molecule has 1 aliphatic rings. The minimum Gasteiger partial charge on any atom is -0.341 e. The molecule has 0 radical (unpaired) electrons. The Morgan fingerprint density at radius 1 is 1.20 bits per heavy atom. The molecule has 1 saturated heterocycles. The van der Waals surface area contributed by atoms with E-state index < -0.39 is 0 Å². The van der Waals surface area contributed by atoms with Gasteiger partial charge in [-0.2, -0.15) is 0 Å². The van der Waals surface area contributed by atoms with Crippen molar-refractivity contribution in [3.8, 4) is 11.1 Å². The third-order valence-electron chi connectivity index (χ3n) is 4.50. The smallest absolute Gasteiger partial charge is 0.261 e. The first-order valence-corrected chi connectivity index (χ1v) is 9.99. The Labute approximate surface area is 158 Å². The number of aromatic nitrogens is 2. The summed E-state index contributed by atoms with van der Waals surface area (Å²) in [4.78, 5) is 24.7. The number of nitrogens with zero attached hydrogens (tertiary/aromatic N) is 2. The van der Waals surface area contributed by atoms with Crippen LogP contribution in [0.15, 0.2) is 33.5 Å². The summed E-state index contributed by atoms with van der Waals surface area (Å²) in [7, 11) is 0. The van der Waals surface area contributed by atoms with Crippen molar-refractivity contribution in [2.75, 3.05) is 31.1 Å². The van der Waals surface area contributed by atoms with Gasteiger partial charge in [-0.1, -0.05) is 28.1 Å². The molecule has 5 nitrogen and oxygen atoms in total. The maximum absolute atomic E-state index is 12.9. The highest BCUT2D eigenvalue weighted by atomic mass is 79.9. The molecule has 3 heterocycles. The lowest BCUT2D eigenvalue weighted by Crippen LogP contribution is -2.31. The Hall–Kier alpha value is -1.70. The van der Waals surface area contributed by atoms with E-state index in [1.54, 1.807) is 11.3 Å². The van der Waals surface area contributed by atoms with E-state index >= 15 is 0 Å². The number of hydrogen-bond donors (Lipinski definition) is 2. The van der Waals surface area contributed by atoms with Crippen LogP contribution in [0.5, 0.6) is 0 Å². The summed E-state index contributed by atoms with van der Waals surface area (Å²) >= 11 is 5.05. The van der Waals surface area contributed by atoms with E-state index in [1.165, 1.54) is 0 Å². The summed E-state index contributed by atoms with van der Waals surface area (Å²) in [5.41, 5.74) is 1.98. The van der Waals surface area contributed by atoms with Gasteiger partial charge in [0.25, 0.3) is 5.56 Å². The molecule has 2 aromatic heterocycles. The quantitative estimate of drug-likeness (QED) is 0.668. The second-order valence-corrected chi connectivity index (χ2v) is 8.32. The van der Waals surface area contributed by atoms with Crippen molar-refractivity contribution in [1.29, 1.82) is 0 Å². The van der Waals surface area contributed by atoms with Crippen LogP contribution in [0, 0.1) is 6.92 Å². The Morgan fingerprint density at radius 3 is 2.80 bits per heavy atom. The van der Waals surface area contributed by atoms with Crippen LogP contribution in [0.3, 0.4) is 0 Å². The Morgan fingerprint density at radius 2 is 2.00 bits per heavy atom. The third-order valence-corrected chi connectivity index (χ3v) is 6.03. The average molecular weight is 419 g/mol. The van der Waals surface area contributed by atoms with E-state index in [1.807, 2.05) is 24.3 Å². The number of fused-ring (bicyclic) bond motifs is 1. The molecule has 0 unspecified atom stereocenters. The lowest BCUT2D eigenvalue weighted by molar-refractivity contribution is 0.724. The fourth-order valence-corrected chi connectivity index (χ4v) is 4.58. The SMILES string of the molecule is Cc1sc2nc(N3CCCNCC3)[nH]c(=O)c2c1-c1ccc(Br)cc1. The second kappa shape index (κ2) is 6.90. The lowest BCUT2D eigenvalue weighted by Gasteiger charge is -2.20. The van der Waals surface area contributed by atoms with Gasteiger partial charge < -0.3 is 10.2 Å². The van der Waals surface area contributed by atoms with E-state index in [-0.39, 0.29) is 5.56 Å². The van der Waals surface area contributed by atoms with Crippen LogP contribution in [0.4, 0.5) is 5.95 Å². The van der Waals surface area contributed by atoms with Gasteiger partial charge in [0, 0.05) is 34.5 Å². The first kappa shape index (κ1) is 16.8. The van der Waals surface area contributed by atoms with Gasteiger partial charge in [-0.25, -0.2) is 4.98 Å². The van der Waals surface area contributed by atoms with Crippen LogP contribution in [0.1, 0.15) is 11.3 Å². The van der Waals surface area contributed by atoms with Crippen LogP contribution in [0.2, 0.25) is 0 Å². The van der Waals surface area contributed by atoms with Crippen LogP contribution >= 0.6 is 27.3 Å². The number of benzene rings is 1. The van der Waals surface area contributed by atoms with Crippen molar-refractivity contribution >= 4 is 43.4 Å². The molecular weight excluding hydrogens is 400 g/mol. The first-order chi connectivity index (χ1) is 12.1. The normalized spacial score (nSPS) is 15.5. The molecule has 0 bridgehead atoms. The minimum atomic E-state index is -0.0560. The van der Waals surface area contributed by atoms with Crippen molar-refractivity contribution in [3.05, 3.63) is 44.0 Å². The number of hydrogen-bond acceptors (Lipinski definition) is 5. The number of halogens is 1. The number of H-pyrrole nitrogens is 1. The van der Waals surface area contributed by atoms with Crippen molar-refractivity contribution in [2.45, 2.75) is 13.3 Å². The lowest BCUT2D eigenvalue weighted by atomic mass is 10.0. The van der Waals surface area contributed by atoms with Crippen LogP contribution in [0.25, 0.3) is 21.3 Å². The summed E-state index contributed by atoms with van der Waals surface area (Å²) in [6, 6.07) is 8.07. The molecular formula is C18H19BrN4OS. The Bertz CT molecular complexity index is 956. The maximum atomic E-state index is 12.9. The van der Waals surface area contributed by atoms with E-state index in [9.17, 15) is 4.79 Å². The van der Waals surface area contributed by atoms with Crippen molar-refractivity contribution < 1.29 is 0 Å². The van der Waals surface area contributed by atoms with Gasteiger partial charge in [0.15, 0.2) is 0 Å². The van der Waals surface area contributed by atoms with Crippen LogP contribution < -0.4 is 15.8 Å². The number of anilines is 1. The molecule has 3 aromatic rings. The predicted octanol–water partition coefficient (Wildman–Crippen LogP) is 3.52. The van der Waals surface area contributed by atoms with Gasteiger partial charge in [-0.05, 0) is 37.6 Å². The highest BCUT2D eigenvalue weighted by Gasteiger charge is 2.19. The van der Waals surface area contributed by atoms with Gasteiger partial charge >= 0.3 is 0 Å². The fourth-order valence-electron chi connectivity index (χ4n) is 3.28. The standard InChI is InChI=1S/C18H19BrN4OS/c1-11-14(12-3-5-13(19)6-4-12)15-16(24)21-18(22-17(15)25-11)23-9-2-7-20-8-10-23/h3-6,20H,2,7-10H2,1H3,(H,21,22,24). The molecule has 2 N–H and O–H groups in total. The topological polar surface area (TPSA) is 61.0 Å². The highest BCUT2D eigenvalue weighted by Crippen LogP contribution is 2.36. The van der Waals surface area contributed by atoms with Gasteiger partial charge in [-0.3, -0.25) is 9.78 Å². The first-order valence-electron chi connectivity index (χ1n) is 8.38. The molecule has 0 aliphatic carbocycles. The molecule has 0 saturated carbocycles. The summed E-state index contributed by atoms with van der Waals surface area (Å²) in [5, 5.41) is 4.07. The number of thiophene rings is 1. The molecule has 1 aromatic carbocycles. The zero-order valence-electron chi connectivity index (χ0n) is 13.9. The molecule has 130 valence electrons. The van der Waals surface area contributed by atoms with Crippen LogP contribution in [-0.2, 0) is 0 Å². The molecule has 7 heteroatoms. The zero-order chi connectivity index (χ0) is 17.4. The maximum Gasteiger partial charge on any atom is 0.261 e. The summed E-state index contributed by atoms with van der Waals surface area (Å²) < 4.78 is 1.03. The molecule has 1 aliphatic heterocycles. The molecule has 4 rings (SSSR count).